The SMILES string of the molecule is CCCC[N+]1(C)CCC(O)(c2ccccc2)CC1. The van der Waals surface area contributed by atoms with E-state index in [1.807, 2.05) is 18.2 Å². The molecule has 1 N–H and O–H groups in total. The predicted octanol–water partition coefficient (Wildman–Crippen LogP) is 2.91. The van der Waals surface area contributed by atoms with Gasteiger partial charge in [-0.15, -0.1) is 0 Å². The van der Waals surface area contributed by atoms with E-state index in [2.05, 4.69) is 26.1 Å². The minimum Gasteiger partial charge on any atom is -0.385 e. The Morgan fingerprint density at radius 1 is 1.17 bits per heavy atom. The number of quaternary nitrogens is 1. The summed E-state index contributed by atoms with van der Waals surface area (Å²) in [6.45, 7) is 5.68. The fraction of sp³-hybridized carbons (Fsp3) is 0.625. The lowest BCUT2D eigenvalue weighted by Crippen LogP contribution is -2.54. The first-order valence-corrected chi connectivity index (χ1v) is 7.19. The van der Waals surface area contributed by atoms with Gasteiger partial charge in [-0.1, -0.05) is 43.7 Å². The van der Waals surface area contributed by atoms with Crippen LogP contribution in [0.15, 0.2) is 30.3 Å². The zero-order valence-corrected chi connectivity index (χ0v) is 11.7. The Morgan fingerprint density at radius 3 is 2.33 bits per heavy atom. The molecule has 18 heavy (non-hydrogen) atoms. The number of hydrogen-bond donors (Lipinski definition) is 1. The molecule has 2 nitrogen and oxygen atoms in total. The summed E-state index contributed by atoms with van der Waals surface area (Å²) in [6.07, 6.45) is 4.32. The Labute approximate surface area is 111 Å². The predicted molar refractivity (Wildman–Crippen MR) is 75.3 cm³/mol. The van der Waals surface area contributed by atoms with Gasteiger partial charge in [0.2, 0.25) is 0 Å². The Bertz CT molecular complexity index is 366. The van der Waals surface area contributed by atoms with E-state index in [0.29, 0.717) is 0 Å². The maximum atomic E-state index is 10.8. The molecule has 2 heteroatoms. The van der Waals surface area contributed by atoms with Crippen LogP contribution in [-0.4, -0.2) is 36.3 Å². The average Bonchev–Trinajstić information content (AvgIpc) is 2.42. The summed E-state index contributed by atoms with van der Waals surface area (Å²) in [5.41, 5.74) is 0.498. The molecule has 1 aliphatic heterocycles. The lowest BCUT2D eigenvalue weighted by molar-refractivity contribution is -0.917. The van der Waals surface area contributed by atoms with Gasteiger partial charge in [0, 0.05) is 12.8 Å². The fourth-order valence-corrected chi connectivity index (χ4v) is 2.95. The summed E-state index contributed by atoms with van der Waals surface area (Å²) in [7, 11) is 2.33. The van der Waals surface area contributed by atoms with Crippen molar-refractivity contribution in [1.29, 1.82) is 0 Å². The second-order valence-electron chi connectivity index (χ2n) is 6.04. The first-order valence-electron chi connectivity index (χ1n) is 7.19. The van der Waals surface area contributed by atoms with Crippen LogP contribution in [0.5, 0.6) is 0 Å². The summed E-state index contributed by atoms with van der Waals surface area (Å²) in [6, 6.07) is 10.2. The molecule has 0 atom stereocenters. The van der Waals surface area contributed by atoms with Gasteiger partial charge in [-0.25, -0.2) is 0 Å². The third-order valence-corrected chi connectivity index (χ3v) is 4.49. The highest BCUT2D eigenvalue weighted by molar-refractivity contribution is 5.22. The summed E-state index contributed by atoms with van der Waals surface area (Å²) >= 11 is 0. The van der Waals surface area contributed by atoms with Crippen LogP contribution in [0.2, 0.25) is 0 Å². The van der Waals surface area contributed by atoms with E-state index in [-0.39, 0.29) is 0 Å². The number of nitrogens with zero attached hydrogens (tertiary/aromatic N) is 1. The van der Waals surface area contributed by atoms with Crippen LogP contribution >= 0.6 is 0 Å². The van der Waals surface area contributed by atoms with Crippen molar-refractivity contribution in [1.82, 2.24) is 0 Å². The first kappa shape index (κ1) is 13.6. The lowest BCUT2D eigenvalue weighted by Gasteiger charge is -2.44. The van der Waals surface area contributed by atoms with E-state index in [9.17, 15) is 5.11 Å². The first-order chi connectivity index (χ1) is 8.58. The zero-order valence-electron chi connectivity index (χ0n) is 11.7. The van der Waals surface area contributed by atoms with Crippen molar-refractivity contribution in [3.05, 3.63) is 35.9 Å². The quantitative estimate of drug-likeness (QED) is 0.812. The molecule has 1 aromatic rings. The monoisotopic (exact) mass is 248 g/mol. The number of likely N-dealkylation sites (tertiary alicyclic amines) is 1. The van der Waals surface area contributed by atoms with Gasteiger partial charge in [0.05, 0.1) is 26.7 Å². The molecule has 0 bridgehead atoms. The standard InChI is InChI=1S/C16H26NO/c1-3-4-12-17(2)13-10-16(18,11-14-17)15-8-6-5-7-9-15/h5-9,18H,3-4,10-14H2,1-2H3/q+1. The second kappa shape index (κ2) is 5.41. The normalized spacial score (nSPS) is 32.4. The lowest BCUT2D eigenvalue weighted by atomic mass is 9.83. The molecule has 2 rings (SSSR count). The minimum atomic E-state index is -0.592. The minimum absolute atomic E-state index is 0.592. The van der Waals surface area contributed by atoms with Crippen LogP contribution in [-0.2, 0) is 5.60 Å². The van der Waals surface area contributed by atoms with Crippen LogP contribution < -0.4 is 0 Å². The van der Waals surface area contributed by atoms with Crippen LogP contribution in [0.4, 0.5) is 0 Å². The molecule has 0 spiro atoms. The third kappa shape index (κ3) is 2.93. The van der Waals surface area contributed by atoms with E-state index in [1.165, 1.54) is 19.4 Å². The molecular formula is C16H26NO+. The van der Waals surface area contributed by atoms with Crippen molar-refractivity contribution < 1.29 is 9.59 Å². The molecule has 0 radical (unpaired) electrons. The highest BCUT2D eigenvalue weighted by Gasteiger charge is 2.39. The average molecular weight is 248 g/mol. The van der Waals surface area contributed by atoms with Crippen LogP contribution in [0.25, 0.3) is 0 Å². The molecule has 1 aliphatic rings. The Kier molecular flexibility index (Phi) is 4.08. The second-order valence-corrected chi connectivity index (χ2v) is 6.04. The highest BCUT2D eigenvalue weighted by Crippen LogP contribution is 2.34. The maximum absolute atomic E-state index is 10.8. The number of hydrogen-bond acceptors (Lipinski definition) is 1. The van der Waals surface area contributed by atoms with E-state index < -0.39 is 5.60 Å². The van der Waals surface area contributed by atoms with Crippen molar-refractivity contribution in [2.45, 2.75) is 38.2 Å². The van der Waals surface area contributed by atoms with Crippen molar-refractivity contribution in [3.63, 3.8) is 0 Å². The molecule has 0 unspecified atom stereocenters. The molecule has 0 saturated carbocycles. The number of rotatable bonds is 4. The van der Waals surface area contributed by atoms with Crippen molar-refractivity contribution in [2.24, 2.45) is 0 Å². The topological polar surface area (TPSA) is 20.2 Å². The Morgan fingerprint density at radius 2 is 1.78 bits per heavy atom. The van der Waals surface area contributed by atoms with Gasteiger partial charge in [-0.2, -0.15) is 0 Å². The van der Waals surface area contributed by atoms with Gasteiger partial charge >= 0.3 is 0 Å². The molecule has 0 aromatic heterocycles. The van der Waals surface area contributed by atoms with E-state index in [0.717, 1.165) is 36.0 Å². The van der Waals surface area contributed by atoms with Gasteiger partial charge in [0.15, 0.2) is 0 Å². The van der Waals surface area contributed by atoms with Gasteiger partial charge in [0.1, 0.15) is 5.60 Å². The van der Waals surface area contributed by atoms with Crippen LogP contribution in [0.3, 0.4) is 0 Å². The number of piperidine rings is 1. The summed E-state index contributed by atoms with van der Waals surface area (Å²) < 4.78 is 1.13. The molecular weight excluding hydrogens is 222 g/mol. The third-order valence-electron chi connectivity index (χ3n) is 4.49. The molecule has 1 saturated heterocycles. The fourth-order valence-electron chi connectivity index (χ4n) is 2.95. The molecule has 1 aromatic carbocycles. The van der Waals surface area contributed by atoms with Crippen molar-refractivity contribution in [2.75, 3.05) is 26.7 Å². The maximum Gasteiger partial charge on any atom is 0.100 e. The Hall–Kier alpha value is -0.860. The van der Waals surface area contributed by atoms with Gasteiger partial charge in [0.25, 0.3) is 0 Å². The molecule has 100 valence electrons. The smallest absolute Gasteiger partial charge is 0.100 e. The summed E-state index contributed by atoms with van der Waals surface area (Å²) in [5, 5.41) is 10.8. The van der Waals surface area contributed by atoms with Crippen molar-refractivity contribution in [3.8, 4) is 0 Å². The molecule has 1 heterocycles. The molecule has 1 fully saturated rings. The Balaban J connectivity index is 2.01. The molecule has 0 amide bonds. The van der Waals surface area contributed by atoms with Crippen LogP contribution in [0.1, 0.15) is 38.2 Å². The van der Waals surface area contributed by atoms with Gasteiger partial charge < -0.3 is 9.59 Å². The summed E-state index contributed by atoms with van der Waals surface area (Å²) in [5.74, 6) is 0. The summed E-state index contributed by atoms with van der Waals surface area (Å²) in [4.78, 5) is 0. The largest absolute Gasteiger partial charge is 0.385 e. The molecule has 0 aliphatic carbocycles. The van der Waals surface area contributed by atoms with Gasteiger partial charge in [-0.05, 0) is 12.0 Å². The van der Waals surface area contributed by atoms with E-state index >= 15 is 0 Å². The van der Waals surface area contributed by atoms with Crippen LogP contribution in [0, 0.1) is 0 Å². The highest BCUT2D eigenvalue weighted by atomic mass is 16.3. The van der Waals surface area contributed by atoms with Crippen molar-refractivity contribution >= 4 is 0 Å². The number of benzene rings is 1. The zero-order chi connectivity index (χ0) is 13.1. The van der Waals surface area contributed by atoms with E-state index in [4.69, 9.17) is 0 Å². The van der Waals surface area contributed by atoms with E-state index in [1.54, 1.807) is 0 Å². The number of unbranched alkanes of at least 4 members (excludes halogenated alkanes) is 1. The van der Waals surface area contributed by atoms with Gasteiger partial charge in [-0.3, -0.25) is 0 Å². The number of aliphatic hydroxyl groups is 1.